The van der Waals surface area contributed by atoms with Crippen LogP contribution in [0.4, 0.5) is 0 Å². The molecule has 0 radical (unpaired) electrons. The minimum Gasteiger partial charge on any atom is -0.493 e. The van der Waals surface area contributed by atoms with E-state index in [1.165, 1.54) is 0 Å². The molecule has 0 amide bonds. The molecule has 23 heavy (non-hydrogen) atoms. The van der Waals surface area contributed by atoms with Crippen LogP contribution in [0.5, 0.6) is 5.75 Å². The molecule has 1 aliphatic heterocycles. The Balaban J connectivity index is 1.65. The molecule has 1 aliphatic rings. The van der Waals surface area contributed by atoms with E-state index in [4.69, 9.17) is 13.9 Å². The summed E-state index contributed by atoms with van der Waals surface area (Å²) in [6.45, 7) is 2.30. The van der Waals surface area contributed by atoms with E-state index in [9.17, 15) is 4.79 Å². The zero-order chi connectivity index (χ0) is 15.6. The van der Waals surface area contributed by atoms with Gasteiger partial charge in [0.2, 0.25) is 0 Å². The SMILES string of the molecule is O=c1oc2cc(OCC3CCOCC3)ccc2c2ccccc12. The maximum Gasteiger partial charge on any atom is 0.344 e. The highest BCUT2D eigenvalue weighted by Crippen LogP contribution is 2.27. The second kappa shape index (κ2) is 6.05. The molecule has 2 heterocycles. The minimum atomic E-state index is -0.310. The van der Waals surface area contributed by atoms with Crippen LogP contribution in [0.3, 0.4) is 0 Å². The van der Waals surface area contributed by atoms with Gasteiger partial charge in [-0.3, -0.25) is 0 Å². The number of hydrogen-bond acceptors (Lipinski definition) is 4. The van der Waals surface area contributed by atoms with Crippen LogP contribution >= 0.6 is 0 Å². The molecule has 4 nitrogen and oxygen atoms in total. The molecule has 1 fully saturated rings. The molecule has 0 N–H and O–H groups in total. The molecule has 3 aromatic rings. The first-order valence-electron chi connectivity index (χ1n) is 7.97. The quantitative estimate of drug-likeness (QED) is 0.546. The van der Waals surface area contributed by atoms with Crippen molar-refractivity contribution < 1.29 is 13.9 Å². The Hall–Kier alpha value is -2.33. The zero-order valence-electron chi connectivity index (χ0n) is 12.8. The van der Waals surface area contributed by atoms with Crippen molar-refractivity contribution in [3.63, 3.8) is 0 Å². The Morgan fingerprint density at radius 2 is 1.78 bits per heavy atom. The first-order valence-corrected chi connectivity index (χ1v) is 7.97. The van der Waals surface area contributed by atoms with Gasteiger partial charge in [0.05, 0.1) is 12.0 Å². The molecule has 118 valence electrons. The number of hydrogen-bond donors (Lipinski definition) is 0. The summed E-state index contributed by atoms with van der Waals surface area (Å²) in [5.74, 6) is 1.27. The van der Waals surface area contributed by atoms with Gasteiger partial charge in [-0.2, -0.15) is 0 Å². The molecule has 1 aromatic heterocycles. The summed E-state index contributed by atoms with van der Waals surface area (Å²) >= 11 is 0. The van der Waals surface area contributed by atoms with Gasteiger partial charge < -0.3 is 13.9 Å². The monoisotopic (exact) mass is 310 g/mol. The second-order valence-electron chi connectivity index (χ2n) is 5.96. The van der Waals surface area contributed by atoms with E-state index in [0.717, 1.165) is 42.6 Å². The van der Waals surface area contributed by atoms with Gasteiger partial charge in [-0.05, 0) is 42.3 Å². The fourth-order valence-electron chi connectivity index (χ4n) is 3.08. The van der Waals surface area contributed by atoms with Crippen LogP contribution in [0.15, 0.2) is 51.7 Å². The highest BCUT2D eigenvalue weighted by Gasteiger charge is 2.15. The van der Waals surface area contributed by atoms with Crippen molar-refractivity contribution in [2.45, 2.75) is 12.8 Å². The van der Waals surface area contributed by atoms with Gasteiger partial charge in [0.25, 0.3) is 0 Å². The second-order valence-corrected chi connectivity index (χ2v) is 5.96. The van der Waals surface area contributed by atoms with Crippen LogP contribution in [0.25, 0.3) is 21.7 Å². The normalized spacial score (nSPS) is 16.0. The summed E-state index contributed by atoms with van der Waals surface area (Å²) in [6.07, 6.45) is 2.07. The van der Waals surface area contributed by atoms with Gasteiger partial charge in [0.15, 0.2) is 0 Å². The van der Waals surface area contributed by atoms with Crippen molar-refractivity contribution >= 4 is 21.7 Å². The maximum atomic E-state index is 12.1. The molecular weight excluding hydrogens is 292 g/mol. The van der Waals surface area contributed by atoms with Crippen molar-refractivity contribution in [3.05, 3.63) is 52.9 Å². The maximum absolute atomic E-state index is 12.1. The lowest BCUT2D eigenvalue weighted by Gasteiger charge is -2.22. The van der Waals surface area contributed by atoms with Crippen molar-refractivity contribution in [1.29, 1.82) is 0 Å². The fourth-order valence-corrected chi connectivity index (χ4v) is 3.08. The van der Waals surface area contributed by atoms with Gasteiger partial charge in [0.1, 0.15) is 11.3 Å². The van der Waals surface area contributed by atoms with Crippen LogP contribution < -0.4 is 10.4 Å². The highest BCUT2D eigenvalue weighted by atomic mass is 16.5. The molecule has 1 saturated heterocycles. The zero-order valence-corrected chi connectivity index (χ0v) is 12.8. The van der Waals surface area contributed by atoms with Gasteiger partial charge in [-0.1, -0.05) is 18.2 Å². The van der Waals surface area contributed by atoms with Crippen molar-refractivity contribution in [2.24, 2.45) is 5.92 Å². The molecule has 0 bridgehead atoms. The predicted octanol–water partition coefficient (Wildman–Crippen LogP) is 3.75. The lowest BCUT2D eigenvalue weighted by molar-refractivity contribution is 0.0497. The smallest absolute Gasteiger partial charge is 0.344 e. The molecule has 4 rings (SSSR count). The third-order valence-electron chi connectivity index (χ3n) is 4.42. The molecule has 0 spiro atoms. The number of ether oxygens (including phenoxy) is 2. The standard InChI is InChI=1S/C19H18O4/c20-19-17-4-2-1-3-15(17)16-6-5-14(11-18(16)23-19)22-12-13-7-9-21-10-8-13/h1-6,11,13H,7-10,12H2. The highest BCUT2D eigenvalue weighted by molar-refractivity contribution is 6.04. The predicted molar refractivity (Wildman–Crippen MR) is 89.0 cm³/mol. The molecule has 0 saturated carbocycles. The Morgan fingerprint density at radius 3 is 2.61 bits per heavy atom. The van der Waals surface area contributed by atoms with Gasteiger partial charge in [0, 0.05) is 24.7 Å². The van der Waals surface area contributed by atoms with Gasteiger partial charge in [-0.15, -0.1) is 0 Å². The summed E-state index contributed by atoms with van der Waals surface area (Å²) in [6, 6.07) is 13.2. The fraction of sp³-hybridized carbons (Fsp3) is 0.316. The van der Waals surface area contributed by atoms with E-state index < -0.39 is 0 Å². The molecule has 0 atom stereocenters. The average Bonchev–Trinajstić information content (AvgIpc) is 2.61. The van der Waals surface area contributed by atoms with E-state index in [1.807, 2.05) is 36.4 Å². The molecule has 4 heteroatoms. The minimum absolute atomic E-state index is 0.310. The Bertz CT molecular complexity index is 891. The summed E-state index contributed by atoms with van der Waals surface area (Å²) < 4.78 is 16.7. The number of fused-ring (bicyclic) bond motifs is 3. The van der Waals surface area contributed by atoms with E-state index in [-0.39, 0.29) is 5.63 Å². The van der Waals surface area contributed by atoms with E-state index in [1.54, 1.807) is 6.07 Å². The van der Waals surface area contributed by atoms with Crippen LogP contribution in [0, 0.1) is 5.92 Å². The van der Waals surface area contributed by atoms with Crippen molar-refractivity contribution in [2.75, 3.05) is 19.8 Å². The van der Waals surface area contributed by atoms with E-state index in [2.05, 4.69) is 0 Å². The Morgan fingerprint density at radius 1 is 1.00 bits per heavy atom. The lowest BCUT2D eigenvalue weighted by Crippen LogP contribution is -2.21. The summed E-state index contributed by atoms with van der Waals surface area (Å²) in [5, 5.41) is 2.45. The first kappa shape index (κ1) is 14.3. The lowest BCUT2D eigenvalue weighted by atomic mass is 10.0. The Labute approximate surface area is 133 Å². The Kier molecular flexibility index (Phi) is 3.75. The van der Waals surface area contributed by atoms with Crippen molar-refractivity contribution in [1.82, 2.24) is 0 Å². The summed E-state index contributed by atoms with van der Waals surface area (Å²) in [5.41, 5.74) is 0.257. The number of benzene rings is 2. The van der Waals surface area contributed by atoms with Gasteiger partial charge >= 0.3 is 5.63 Å². The topological polar surface area (TPSA) is 48.7 Å². The summed E-state index contributed by atoms with van der Waals surface area (Å²) in [4.78, 5) is 12.1. The van der Waals surface area contributed by atoms with Crippen LogP contribution in [0.2, 0.25) is 0 Å². The van der Waals surface area contributed by atoms with Crippen molar-refractivity contribution in [3.8, 4) is 5.75 Å². The van der Waals surface area contributed by atoms with Crippen LogP contribution in [0.1, 0.15) is 12.8 Å². The van der Waals surface area contributed by atoms with Crippen LogP contribution in [-0.4, -0.2) is 19.8 Å². The molecular formula is C19H18O4. The third kappa shape index (κ3) is 2.82. The average molecular weight is 310 g/mol. The number of rotatable bonds is 3. The molecule has 2 aromatic carbocycles. The molecule has 0 aliphatic carbocycles. The first-order chi connectivity index (χ1) is 11.3. The molecule has 0 unspecified atom stereocenters. The van der Waals surface area contributed by atoms with Gasteiger partial charge in [-0.25, -0.2) is 4.79 Å². The van der Waals surface area contributed by atoms with E-state index in [0.29, 0.717) is 23.5 Å². The third-order valence-corrected chi connectivity index (χ3v) is 4.42. The van der Waals surface area contributed by atoms with Crippen LogP contribution in [-0.2, 0) is 4.74 Å². The van der Waals surface area contributed by atoms with E-state index >= 15 is 0 Å². The summed E-state index contributed by atoms with van der Waals surface area (Å²) in [7, 11) is 0. The largest absolute Gasteiger partial charge is 0.493 e.